The number of piperidine rings is 1. The first-order chi connectivity index (χ1) is 7.66. The quantitative estimate of drug-likeness (QED) is 0.907. The molecule has 1 fully saturated rings. The van der Waals surface area contributed by atoms with Gasteiger partial charge in [-0.05, 0) is 38.1 Å². The third kappa shape index (κ3) is 4.01. The zero-order valence-electron chi connectivity index (χ0n) is 9.53. The molecule has 0 saturated carbocycles. The number of likely N-dealkylation sites (tertiary alicyclic amines) is 1. The van der Waals surface area contributed by atoms with Crippen molar-refractivity contribution in [2.45, 2.75) is 25.4 Å². The summed E-state index contributed by atoms with van der Waals surface area (Å²) in [7, 11) is 0. The highest BCUT2D eigenvalue weighted by Gasteiger charge is 2.17. The molecule has 0 unspecified atom stereocenters. The van der Waals surface area contributed by atoms with Crippen LogP contribution in [0, 0.1) is 0 Å². The summed E-state index contributed by atoms with van der Waals surface area (Å²) in [5.41, 5.74) is 6.90. The molecule has 96 valence electrons. The SMILES string of the molecule is Cl.NC1CCN(Cc2c(Cl)cccc2Cl)CC1. The Morgan fingerprint density at radius 2 is 1.71 bits per heavy atom. The normalized spacial score (nSPS) is 17.8. The van der Waals surface area contributed by atoms with Crippen LogP contribution < -0.4 is 5.73 Å². The van der Waals surface area contributed by atoms with Crippen molar-refractivity contribution < 1.29 is 0 Å². The van der Waals surface area contributed by atoms with Gasteiger partial charge in [0.2, 0.25) is 0 Å². The number of halogens is 3. The largest absolute Gasteiger partial charge is 0.328 e. The van der Waals surface area contributed by atoms with Crippen molar-refractivity contribution in [1.82, 2.24) is 4.90 Å². The summed E-state index contributed by atoms with van der Waals surface area (Å²) in [6, 6.07) is 6.01. The number of rotatable bonds is 2. The zero-order valence-corrected chi connectivity index (χ0v) is 11.9. The van der Waals surface area contributed by atoms with Gasteiger partial charge in [0, 0.05) is 28.2 Å². The van der Waals surface area contributed by atoms with E-state index in [4.69, 9.17) is 28.9 Å². The number of hydrogen-bond donors (Lipinski definition) is 1. The van der Waals surface area contributed by atoms with E-state index in [1.165, 1.54) is 0 Å². The number of nitrogens with two attached hydrogens (primary N) is 1. The van der Waals surface area contributed by atoms with Gasteiger partial charge in [-0.25, -0.2) is 0 Å². The van der Waals surface area contributed by atoms with Crippen molar-refractivity contribution >= 4 is 35.6 Å². The first kappa shape index (κ1) is 15.1. The van der Waals surface area contributed by atoms with Crippen molar-refractivity contribution in [3.63, 3.8) is 0 Å². The van der Waals surface area contributed by atoms with Crippen LogP contribution in [0.1, 0.15) is 18.4 Å². The summed E-state index contributed by atoms with van der Waals surface area (Å²) in [5.74, 6) is 0. The third-order valence-electron chi connectivity index (χ3n) is 3.08. The molecule has 1 aliphatic rings. The predicted molar refractivity (Wildman–Crippen MR) is 76.2 cm³/mol. The summed E-state index contributed by atoms with van der Waals surface area (Å²) in [5, 5.41) is 1.50. The topological polar surface area (TPSA) is 29.3 Å². The van der Waals surface area contributed by atoms with Crippen molar-refractivity contribution in [2.75, 3.05) is 13.1 Å². The molecule has 17 heavy (non-hydrogen) atoms. The van der Waals surface area contributed by atoms with Gasteiger partial charge >= 0.3 is 0 Å². The van der Waals surface area contributed by atoms with Crippen LogP contribution in [0.25, 0.3) is 0 Å². The van der Waals surface area contributed by atoms with E-state index in [0.29, 0.717) is 6.04 Å². The van der Waals surface area contributed by atoms with Crippen LogP contribution in [0.5, 0.6) is 0 Å². The van der Waals surface area contributed by atoms with E-state index in [0.717, 1.165) is 48.1 Å². The smallest absolute Gasteiger partial charge is 0.0465 e. The maximum Gasteiger partial charge on any atom is 0.0465 e. The molecule has 1 aromatic rings. The van der Waals surface area contributed by atoms with Gasteiger partial charge < -0.3 is 5.73 Å². The fourth-order valence-electron chi connectivity index (χ4n) is 2.02. The Bertz CT molecular complexity index is 343. The molecule has 0 amide bonds. The second-order valence-electron chi connectivity index (χ2n) is 4.31. The van der Waals surface area contributed by atoms with Crippen molar-refractivity contribution in [3.05, 3.63) is 33.8 Å². The first-order valence-corrected chi connectivity index (χ1v) is 6.33. The lowest BCUT2D eigenvalue weighted by Gasteiger charge is -2.30. The molecule has 1 saturated heterocycles. The minimum Gasteiger partial charge on any atom is -0.328 e. The lowest BCUT2D eigenvalue weighted by Crippen LogP contribution is -2.39. The van der Waals surface area contributed by atoms with Crippen LogP contribution in [0.15, 0.2) is 18.2 Å². The molecule has 0 bridgehead atoms. The maximum atomic E-state index is 6.14. The van der Waals surface area contributed by atoms with Crippen molar-refractivity contribution in [2.24, 2.45) is 5.73 Å². The van der Waals surface area contributed by atoms with E-state index in [9.17, 15) is 0 Å². The molecule has 2 nitrogen and oxygen atoms in total. The van der Waals surface area contributed by atoms with Crippen LogP contribution >= 0.6 is 35.6 Å². The Labute approximate surface area is 118 Å². The van der Waals surface area contributed by atoms with Gasteiger partial charge in [-0.2, -0.15) is 0 Å². The van der Waals surface area contributed by atoms with Gasteiger partial charge in [0.25, 0.3) is 0 Å². The van der Waals surface area contributed by atoms with Gasteiger partial charge in [0.15, 0.2) is 0 Å². The van der Waals surface area contributed by atoms with Crippen LogP contribution in [0.2, 0.25) is 10.0 Å². The van der Waals surface area contributed by atoms with E-state index >= 15 is 0 Å². The fourth-order valence-corrected chi connectivity index (χ4v) is 2.54. The van der Waals surface area contributed by atoms with Gasteiger partial charge in [0.1, 0.15) is 0 Å². The lowest BCUT2D eigenvalue weighted by atomic mass is 10.1. The molecule has 5 heteroatoms. The van der Waals surface area contributed by atoms with Crippen LogP contribution in [-0.2, 0) is 6.54 Å². The Hall–Kier alpha value is 0.01000. The van der Waals surface area contributed by atoms with Gasteiger partial charge in [-0.15, -0.1) is 12.4 Å². The molecule has 2 rings (SSSR count). The van der Waals surface area contributed by atoms with Crippen LogP contribution in [0.4, 0.5) is 0 Å². The highest BCUT2D eigenvalue weighted by Crippen LogP contribution is 2.26. The molecule has 2 N–H and O–H groups in total. The minimum absolute atomic E-state index is 0. The van der Waals surface area contributed by atoms with E-state index in [-0.39, 0.29) is 12.4 Å². The molecule has 0 radical (unpaired) electrons. The molecule has 1 heterocycles. The van der Waals surface area contributed by atoms with Crippen molar-refractivity contribution in [3.8, 4) is 0 Å². The third-order valence-corrected chi connectivity index (χ3v) is 3.78. The van der Waals surface area contributed by atoms with E-state index in [1.807, 2.05) is 18.2 Å². The highest BCUT2D eigenvalue weighted by atomic mass is 35.5. The molecule has 0 aromatic heterocycles. The Morgan fingerprint density at radius 3 is 2.24 bits per heavy atom. The maximum absolute atomic E-state index is 6.14. The van der Waals surface area contributed by atoms with Gasteiger partial charge in [0.05, 0.1) is 0 Å². The molecule has 1 aliphatic heterocycles. The standard InChI is InChI=1S/C12H16Cl2N2.ClH/c13-11-2-1-3-12(14)10(11)8-16-6-4-9(15)5-7-16;/h1-3,9H,4-8,15H2;1H. The van der Waals surface area contributed by atoms with Crippen LogP contribution in [0.3, 0.4) is 0 Å². The Morgan fingerprint density at radius 1 is 1.18 bits per heavy atom. The molecule has 0 atom stereocenters. The Balaban J connectivity index is 0.00000144. The van der Waals surface area contributed by atoms with Gasteiger partial charge in [-0.1, -0.05) is 29.3 Å². The molecule has 0 spiro atoms. The predicted octanol–water partition coefficient (Wildman–Crippen LogP) is 3.34. The molecule has 0 aliphatic carbocycles. The fraction of sp³-hybridized carbons (Fsp3) is 0.500. The average Bonchev–Trinajstić information content (AvgIpc) is 2.26. The minimum atomic E-state index is 0. The molecular weight excluding hydrogens is 279 g/mol. The van der Waals surface area contributed by atoms with E-state index in [1.54, 1.807) is 0 Å². The first-order valence-electron chi connectivity index (χ1n) is 5.57. The summed E-state index contributed by atoms with van der Waals surface area (Å²) in [6.07, 6.45) is 2.12. The molecule has 1 aromatic carbocycles. The number of nitrogens with zero attached hydrogens (tertiary/aromatic N) is 1. The Kier molecular flexibility index (Phi) is 6.04. The van der Waals surface area contributed by atoms with E-state index in [2.05, 4.69) is 4.90 Å². The average molecular weight is 296 g/mol. The summed E-state index contributed by atoms with van der Waals surface area (Å²) < 4.78 is 0. The summed E-state index contributed by atoms with van der Waals surface area (Å²) in [6.45, 7) is 2.89. The van der Waals surface area contributed by atoms with Crippen LogP contribution in [-0.4, -0.2) is 24.0 Å². The van der Waals surface area contributed by atoms with Gasteiger partial charge in [-0.3, -0.25) is 4.90 Å². The lowest BCUT2D eigenvalue weighted by molar-refractivity contribution is 0.206. The second-order valence-corrected chi connectivity index (χ2v) is 5.13. The summed E-state index contributed by atoms with van der Waals surface area (Å²) in [4.78, 5) is 2.36. The second kappa shape index (κ2) is 6.81. The zero-order chi connectivity index (χ0) is 11.5. The number of benzene rings is 1. The molecular formula is C12H17Cl3N2. The monoisotopic (exact) mass is 294 g/mol. The highest BCUT2D eigenvalue weighted by molar-refractivity contribution is 6.35. The summed E-state index contributed by atoms with van der Waals surface area (Å²) >= 11 is 12.3. The van der Waals surface area contributed by atoms with E-state index < -0.39 is 0 Å². The number of hydrogen-bond acceptors (Lipinski definition) is 2. The van der Waals surface area contributed by atoms with Crippen molar-refractivity contribution in [1.29, 1.82) is 0 Å².